The van der Waals surface area contributed by atoms with Crippen LogP contribution in [0.5, 0.6) is 11.5 Å². The molecule has 0 spiro atoms. The summed E-state index contributed by atoms with van der Waals surface area (Å²) in [5, 5.41) is 1.21. The van der Waals surface area contributed by atoms with E-state index >= 15 is 0 Å². The molecule has 3 rings (SSSR count). The first-order chi connectivity index (χ1) is 12.5. The van der Waals surface area contributed by atoms with E-state index in [9.17, 15) is 8.42 Å². The third-order valence-corrected chi connectivity index (χ3v) is 5.42. The van der Waals surface area contributed by atoms with Gasteiger partial charge in [0, 0.05) is 23.4 Å². The Morgan fingerprint density at radius 3 is 2.00 bits per heavy atom. The van der Waals surface area contributed by atoms with Gasteiger partial charge in [0.15, 0.2) is 0 Å². The first-order valence-corrected chi connectivity index (χ1v) is 9.46. The summed E-state index contributed by atoms with van der Waals surface area (Å²) in [7, 11) is -0.426. The number of H-pyrrole nitrogens is 1. The molecule has 1 aromatic heterocycles. The summed E-state index contributed by atoms with van der Waals surface area (Å²) in [5.41, 5.74) is 2.19. The summed E-state index contributed by atoms with van der Waals surface area (Å²) in [6.07, 6.45) is 4.74. The van der Waals surface area contributed by atoms with Crippen molar-refractivity contribution in [3.8, 4) is 22.6 Å². The van der Waals surface area contributed by atoms with Crippen molar-refractivity contribution in [3.63, 3.8) is 0 Å². The second-order valence-corrected chi connectivity index (χ2v) is 7.38. The lowest BCUT2D eigenvalue weighted by molar-refractivity contribution is 0.414. The van der Waals surface area contributed by atoms with Gasteiger partial charge in [-0.2, -0.15) is 0 Å². The van der Waals surface area contributed by atoms with E-state index < -0.39 is 9.84 Å². The number of methoxy groups -OCH3 is 2. The van der Waals surface area contributed by atoms with Crippen LogP contribution in [0.15, 0.2) is 71.2 Å². The number of sulfone groups is 1. The topological polar surface area (TPSA) is 68.4 Å². The molecule has 0 aliphatic heterocycles. The summed E-state index contributed by atoms with van der Waals surface area (Å²) in [4.78, 5) is 3.11. The Morgan fingerprint density at radius 1 is 0.846 bits per heavy atom. The Balaban J connectivity index is 1.89. The predicted octanol–water partition coefficient (Wildman–Crippen LogP) is 4.14. The molecule has 0 radical (unpaired) electrons. The standard InChI is InChI=1S/C20H19NO4S/c1-24-17-7-3-15(4-8-17)11-12-26(22,23)20-14-21-13-19(20)16-5-9-18(25-2)10-6-16/h3-14,21H,1-2H3/b12-11+. The first kappa shape index (κ1) is 17.8. The number of aromatic nitrogens is 1. The Labute approximate surface area is 152 Å². The molecule has 0 saturated heterocycles. The summed E-state index contributed by atoms with van der Waals surface area (Å²) in [6, 6.07) is 14.4. The fourth-order valence-corrected chi connectivity index (χ4v) is 3.74. The van der Waals surface area contributed by atoms with E-state index in [1.165, 1.54) is 11.6 Å². The molecule has 0 aliphatic rings. The zero-order valence-electron chi connectivity index (χ0n) is 14.5. The van der Waals surface area contributed by atoms with E-state index in [1.807, 2.05) is 12.1 Å². The Morgan fingerprint density at radius 2 is 1.42 bits per heavy atom. The molecule has 5 nitrogen and oxygen atoms in total. The van der Waals surface area contributed by atoms with Gasteiger partial charge < -0.3 is 14.5 Å². The van der Waals surface area contributed by atoms with E-state index in [-0.39, 0.29) is 4.90 Å². The number of benzene rings is 2. The largest absolute Gasteiger partial charge is 0.497 e. The summed E-state index contributed by atoms with van der Waals surface area (Å²) < 4.78 is 35.7. The van der Waals surface area contributed by atoms with Crippen molar-refractivity contribution >= 4 is 15.9 Å². The highest BCUT2D eigenvalue weighted by Gasteiger charge is 2.18. The fraction of sp³-hybridized carbons (Fsp3) is 0.100. The van der Waals surface area contributed by atoms with Crippen LogP contribution in [-0.4, -0.2) is 27.6 Å². The van der Waals surface area contributed by atoms with E-state index in [1.54, 1.807) is 62.9 Å². The number of nitrogens with one attached hydrogen (secondary N) is 1. The number of ether oxygens (including phenoxy) is 2. The lowest BCUT2D eigenvalue weighted by Crippen LogP contribution is -1.96. The number of aromatic amines is 1. The number of rotatable bonds is 6. The average molecular weight is 369 g/mol. The highest BCUT2D eigenvalue weighted by atomic mass is 32.2. The third kappa shape index (κ3) is 3.81. The van der Waals surface area contributed by atoms with E-state index in [0.29, 0.717) is 11.3 Å². The van der Waals surface area contributed by atoms with Crippen molar-refractivity contribution in [1.82, 2.24) is 4.98 Å². The van der Waals surface area contributed by atoms with Crippen LogP contribution >= 0.6 is 0 Å². The maximum atomic E-state index is 12.8. The SMILES string of the molecule is COc1ccc(/C=C/S(=O)(=O)c2c[nH]cc2-c2ccc(OC)cc2)cc1. The molecule has 26 heavy (non-hydrogen) atoms. The highest BCUT2D eigenvalue weighted by molar-refractivity contribution is 7.94. The van der Waals surface area contributed by atoms with Crippen molar-refractivity contribution in [2.75, 3.05) is 14.2 Å². The summed E-state index contributed by atoms with van der Waals surface area (Å²) >= 11 is 0. The Bertz CT molecular complexity index is 1000. The second kappa shape index (κ2) is 7.49. The molecule has 0 aliphatic carbocycles. The third-order valence-electron chi connectivity index (χ3n) is 3.97. The Hall–Kier alpha value is -2.99. The molecule has 134 valence electrons. The van der Waals surface area contributed by atoms with Gasteiger partial charge >= 0.3 is 0 Å². The first-order valence-electron chi connectivity index (χ1n) is 7.92. The molecular formula is C20H19NO4S. The van der Waals surface area contributed by atoms with Gasteiger partial charge in [-0.05, 0) is 41.5 Å². The molecule has 0 bridgehead atoms. The summed E-state index contributed by atoms with van der Waals surface area (Å²) in [5.74, 6) is 1.44. The minimum atomic E-state index is -3.60. The van der Waals surface area contributed by atoms with Crippen molar-refractivity contribution in [2.24, 2.45) is 0 Å². The van der Waals surface area contributed by atoms with Crippen LogP contribution in [0, 0.1) is 0 Å². The van der Waals surface area contributed by atoms with Crippen LogP contribution in [-0.2, 0) is 9.84 Å². The number of hydrogen-bond acceptors (Lipinski definition) is 4. The van der Waals surface area contributed by atoms with Crippen molar-refractivity contribution < 1.29 is 17.9 Å². The second-order valence-electron chi connectivity index (χ2n) is 5.58. The lowest BCUT2D eigenvalue weighted by Gasteiger charge is -2.05. The van der Waals surface area contributed by atoms with Crippen LogP contribution in [0.25, 0.3) is 17.2 Å². The molecule has 6 heteroatoms. The minimum Gasteiger partial charge on any atom is -0.497 e. The molecule has 0 atom stereocenters. The molecule has 3 aromatic rings. The van der Waals surface area contributed by atoms with Crippen LogP contribution in [0.4, 0.5) is 0 Å². The van der Waals surface area contributed by atoms with Crippen LogP contribution in [0.2, 0.25) is 0 Å². The van der Waals surface area contributed by atoms with Crippen LogP contribution in [0.3, 0.4) is 0 Å². The lowest BCUT2D eigenvalue weighted by atomic mass is 10.1. The smallest absolute Gasteiger partial charge is 0.201 e. The Kier molecular flexibility index (Phi) is 5.14. The van der Waals surface area contributed by atoms with Crippen molar-refractivity contribution in [1.29, 1.82) is 0 Å². The van der Waals surface area contributed by atoms with E-state index in [4.69, 9.17) is 9.47 Å². The number of hydrogen-bond donors (Lipinski definition) is 1. The predicted molar refractivity (Wildman–Crippen MR) is 102 cm³/mol. The van der Waals surface area contributed by atoms with Gasteiger partial charge in [-0.15, -0.1) is 0 Å². The van der Waals surface area contributed by atoms with Crippen molar-refractivity contribution in [3.05, 3.63) is 71.9 Å². The monoisotopic (exact) mass is 369 g/mol. The minimum absolute atomic E-state index is 0.229. The zero-order chi connectivity index (χ0) is 18.6. The van der Waals surface area contributed by atoms with Gasteiger partial charge in [-0.3, -0.25) is 0 Å². The van der Waals surface area contributed by atoms with Gasteiger partial charge in [0.05, 0.1) is 19.1 Å². The van der Waals surface area contributed by atoms with Crippen LogP contribution < -0.4 is 9.47 Å². The zero-order valence-corrected chi connectivity index (χ0v) is 15.3. The molecule has 1 heterocycles. The maximum Gasteiger partial charge on any atom is 0.201 e. The fourth-order valence-electron chi connectivity index (χ4n) is 2.54. The van der Waals surface area contributed by atoms with Gasteiger partial charge in [0.25, 0.3) is 0 Å². The van der Waals surface area contributed by atoms with Crippen LogP contribution in [0.1, 0.15) is 5.56 Å². The maximum absolute atomic E-state index is 12.8. The molecule has 0 unspecified atom stereocenters. The molecule has 0 saturated carbocycles. The van der Waals surface area contributed by atoms with Gasteiger partial charge in [0.1, 0.15) is 11.5 Å². The summed E-state index contributed by atoms with van der Waals surface area (Å²) in [6.45, 7) is 0. The highest BCUT2D eigenvalue weighted by Crippen LogP contribution is 2.30. The average Bonchev–Trinajstić information content (AvgIpc) is 3.18. The van der Waals surface area contributed by atoms with E-state index in [2.05, 4.69) is 4.98 Å². The normalized spacial score (nSPS) is 11.6. The van der Waals surface area contributed by atoms with Gasteiger partial charge in [0.2, 0.25) is 9.84 Å². The molecule has 0 fully saturated rings. The molecule has 1 N–H and O–H groups in total. The molecule has 2 aromatic carbocycles. The molecular weight excluding hydrogens is 350 g/mol. The van der Waals surface area contributed by atoms with Crippen molar-refractivity contribution in [2.45, 2.75) is 4.90 Å². The quantitative estimate of drug-likeness (QED) is 0.709. The van der Waals surface area contributed by atoms with Gasteiger partial charge in [-0.1, -0.05) is 24.3 Å². The van der Waals surface area contributed by atoms with Gasteiger partial charge in [-0.25, -0.2) is 8.42 Å². The molecule has 0 amide bonds. The van der Waals surface area contributed by atoms with E-state index in [0.717, 1.165) is 16.9 Å².